The maximum atomic E-state index is 9.77. The summed E-state index contributed by atoms with van der Waals surface area (Å²) >= 11 is 0. The molecule has 0 unspecified atom stereocenters. The van der Waals surface area contributed by atoms with Crippen molar-refractivity contribution in [3.63, 3.8) is 0 Å². The number of rotatable bonds is 4. The predicted octanol–water partition coefficient (Wildman–Crippen LogP) is 2.81. The maximum absolute atomic E-state index is 9.77. The number of aliphatic hydroxyl groups is 1. The number of hydrogen-bond donors (Lipinski definition) is 3. The second-order valence-corrected chi connectivity index (χ2v) is 5.71. The molecule has 0 aliphatic carbocycles. The molecule has 2 aromatic heterocycles. The van der Waals surface area contributed by atoms with Crippen LogP contribution in [-0.2, 0) is 0 Å². The van der Waals surface area contributed by atoms with Gasteiger partial charge in [0.25, 0.3) is 0 Å². The van der Waals surface area contributed by atoms with Gasteiger partial charge in [0, 0.05) is 24.0 Å². The SMILES string of the molecule is CC(C)(O)CNc1cccc(-c2cnc3[nH]ccc3n2)c1. The summed E-state index contributed by atoms with van der Waals surface area (Å²) in [4.78, 5) is 12.0. The van der Waals surface area contributed by atoms with Crippen molar-refractivity contribution in [3.8, 4) is 11.3 Å². The van der Waals surface area contributed by atoms with E-state index in [0.29, 0.717) is 6.54 Å². The van der Waals surface area contributed by atoms with Crippen LogP contribution >= 0.6 is 0 Å². The van der Waals surface area contributed by atoms with Crippen LogP contribution in [0.3, 0.4) is 0 Å². The van der Waals surface area contributed by atoms with Crippen molar-refractivity contribution in [2.75, 3.05) is 11.9 Å². The maximum Gasteiger partial charge on any atom is 0.156 e. The predicted molar refractivity (Wildman–Crippen MR) is 84.1 cm³/mol. The van der Waals surface area contributed by atoms with Crippen molar-refractivity contribution < 1.29 is 5.11 Å². The lowest BCUT2D eigenvalue weighted by atomic mass is 10.1. The Hall–Kier alpha value is -2.40. The minimum atomic E-state index is -0.750. The van der Waals surface area contributed by atoms with Gasteiger partial charge in [-0.3, -0.25) is 0 Å². The van der Waals surface area contributed by atoms with Crippen LogP contribution in [0.15, 0.2) is 42.7 Å². The van der Waals surface area contributed by atoms with E-state index in [4.69, 9.17) is 0 Å². The minimum Gasteiger partial charge on any atom is -0.389 e. The lowest BCUT2D eigenvalue weighted by molar-refractivity contribution is 0.0945. The Bertz CT molecular complexity index is 758. The monoisotopic (exact) mass is 282 g/mol. The van der Waals surface area contributed by atoms with Crippen molar-refractivity contribution in [2.45, 2.75) is 19.4 Å². The van der Waals surface area contributed by atoms with Gasteiger partial charge in [-0.05, 0) is 32.0 Å². The van der Waals surface area contributed by atoms with Gasteiger partial charge in [0.15, 0.2) is 5.65 Å². The molecule has 0 aliphatic rings. The van der Waals surface area contributed by atoms with Crippen molar-refractivity contribution in [1.82, 2.24) is 15.0 Å². The van der Waals surface area contributed by atoms with E-state index in [1.54, 1.807) is 20.0 Å². The van der Waals surface area contributed by atoms with Gasteiger partial charge in [0.1, 0.15) is 5.52 Å². The van der Waals surface area contributed by atoms with Crippen LogP contribution in [0.5, 0.6) is 0 Å². The van der Waals surface area contributed by atoms with Crippen LogP contribution in [0.4, 0.5) is 5.69 Å². The molecule has 0 aliphatic heterocycles. The molecule has 21 heavy (non-hydrogen) atoms. The largest absolute Gasteiger partial charge is 0.389 e. The van der Waals surface area contributed by atoms with Crippen molar-refractivity contribution in [3.05, 3.63) is 42.7 Å². The van der Waals surface area contributed by atoms with Crippen LogP contribution < -0.4 is 5.32 Å². The van der Waals surface area contributed by atoms with Crippen molar-refractivity contribution in [1.29, 1.82) is 0 Å². The molecule has 1 aromatic carbocycles. The number of aromatic nitrogens is 3. The molecular weight excluding hydrogens is 264 g/mol. The molecule has 3 N–H and O–H groups in total. The fourth-order valence-corrected chi connectivity index (χ4v) is 2.08. The van der Waals surface area contributed by atoms with Gasteiger partial charge in [-0.25, -0.2) is 9.97 Å². The topological polar surface area (TPSA) is 73.8 Å². The summed E-state index contributed by atoms with van der Waals surface area (Å²) < 4.78 is 0. The first-order chi connectivity index (χ1) is 10.0. The number of H-pyrrole nitrogens is 1. The molecule has 0 spiro atoms. The lowest BCUT2D eigenvalue weighted by Gasteiger charge is -2.18. The van der Waals surface area contributed by atoms with E-state index < -0.39 is 5.60 Å². The summed E-state index contributed by atoms with van der Waals surface area (Å²) in [7, 11) is 0. The zero-order valence-corrected chi connectivity index (χ0v) is 12.1. The first kappa shape index (κ1) is 13.6. The van der Waals surface area contributed by atoms with E-state index in [1.165, 1.54) is 0 Å². The molecule has 0 radical (unpaired) electrons. The van der Waals surface area contributed by atoms with Crippen LogP contribution in [0.2, 0.25) is 0 Å². The molecule has 3 aromatic rings. The molecule has 108 valence electrons. The van der Waals surface area contributed by atoms with Gasteiger partial charge in [0.05, 0.1) is 17.5 Å². The van der Waals surface area contributed by atoms with Crippen molar-refractivity contribution in [2.24, 2.45) is 0 Å². The van der Waals surface area contributed by atoms with Gasteiger partial charge in [-0.2, -0.15) is 0 Å². The lowest BCUT2D eigenvalue weighted by Crippen LogP contribution is -2.29. The molecule has 0 atom stereocenters. The molecule has 0 fully saturated rings. The van der Waals surface area contributed by atoms with Crippen LogP contribution in [-0.4, -0.2) is 32.2 Å². The third-order valence-electron chi connectivity index (χ3n) is 3.14. The van der Waals surface area contributed by atoms with E-state index in [0.717, 1.165) is 28.1 Å². The summed E-state index contributed by atoms with van der Waals surface area (Å²) in [5.74, 6) is 0. The van der Waals surface area contributed by atoms with Gasteiger partial charge in [-0.1, -0.05) is 12.1 Å². The average molecular weight is 282 g/mol. The fourth-order valence-electron chi connectivity index (χ4n) is 2.08. The number of nitrogens with one attached hydrogen (secondary N) is 2. The molecule has 3 rings (SSSR count). The summed E-state index contributed by atoms with van der Waals surface area (Å²) in [5.41, 5.74) is 3.66. The molecule has 0 amide bonds. The van der Waals surface area contributed by atoms with Crippen LogP contribution in [0.1, 0.15) is 13.8 Å². The normalized spacial score (nSPS) is 11.8. The van der Waals surface area contributed by atoms with E-state index >= 15 is 0 Å². The second kappa shape index (κ2) is 5.18. The minimum absolute atomic E-state index is 0.485. The molecule has 5 heteroatoms. The number of aromatic amines is 1. The molecule has 0 saturated carbocycles. The standard InChI is InChI=1S/C16H18N4O/c1-16(2,21)10-19-12-5-3-4-11(8-12)14-9-18-15-13(20-14)6-7-17-15/h3-9,19,21H,10H2,1-2H3,(H,17,18). The highest BCUT2D eigenvalue weighted by Gasteiger charge is 2.12. The number of fused-ring (bicyclic) bond motifs is 1. The molecule has 0 bridgehead atoms. The zero-order valence-electron chi connectivity index (χ0n) is 12.1. The Morgan fingerprint density at radius 2 is 2.14 bits per heavy atom. The highest BCUT2D eigenvalue weighted by atomic mass is 16.3. The summed E-state index contributed by atoms with van der Waals surface area (Å²) in [6, 6.07) is 9.84. The smallest absolute Gasteiger partial charge is 0.156 e. The number of anilines is 1. The quantitative estimate of drug-likeness (QED) is 0.688. The van der Waals surface area contributed by atoms with Gasteiger partial charge < -0.3 is 15.4 Å². The summed E-state index contributed by atoms with van der Waals surface area (Å²) in [6.07, 6.45) is 3.59. The third kappa shape index (κ3) is 3.20. The molecule has 5 nitrogen and oxygen atoms in total. The van der Waals surface area contributed by atoms with Gasteiger partial charge in [0.2, 0.25) is 0 Å². The first-order valence-electron chi connectivity index (χ1n) is 6.88. The van der Waals surface area contributed by atoms with E-state index in [2.05, 4.69) is 20.3 Å². The highest BCUT2D eigenvalue weighted by Crippen LogP contribution is 2.22. The summed E-state index contributed by atoms with van der Waals surface area (Å²) in [6.45, 7) is 4.03. The Labute approximate surface area is 123 Å². The average Bonchev–Trinajstić information content (AvgIpc) is 2.92. The van der Waals surface area contributed by atoms with E-state index in [9.17, 15) is 5.11 Å². The zero-order chi connectivity index (χ0) is 14.9. The molecule has 2 heterocycles. The Morgan fingerprint density at radius 1 is 1.29 bits per heavy atom. The fraction of sp³-hybridized carbons (Fsp3) is 0.250. The van der Waals surface area contributed by atoms with Gasteiger partial charge in [-0.15, -0.1) is 0 Å². The van der Waals surface area contributed by atoms with E-state index in [1.807, 2.05) is 36.5 Å². The number of hydrogen-bond acceptors (Lipinski definition) is 4. The van der Waals surface area contributed by atoms with Gasteiger partial charge >= 0.3 is 0 Å². The first-order valence-corrected chi connectivity index (χ1v) is 6.88. The summed E-state index contributed by atoms with van der Waals surface area (Å²) in [5, 5.41) is 13.0. The Kier molecular flexibility index (Phi) is 3.35. The number of nitrogens with zero attached hydrogens (tertiary/aromatic N) is 2. The van der Waals surface area contributed by atoms with Crippen LogP contribution in [0.25, 0.3) is 22.4 Å². The third-order valence-corrected chi connectivity index (χ3v) is 3.14. The van der Waals surface area contributed by atoms with E-state index in [-0.39, 0.29) is 0 Å². The Balaban J connectivity index is 1.88. The molecule has 0 saturated heterocycles. The Morgan fingerprint density at radius 3 is 2.95 bits per heavy atom. The highest BCUT2D eigenvalue weighted by molar-refractivity contribution is 5.75. The molecular formula is C16H18N4O. The van der Waals surface area contributed by atoms with Crippen molar-refractivity contribution >= 4 is 16.9 Å². The second-order valence-electron chi connectivity index (χ2n) is 5.71. The number of benzene rings is 1. The van der Waals surface area contributed by atoms with Crippen LogP contribution in [0, 0.1) is 0 Å².